The number of amides is 1. The summed E-state index contributed by atoms with van der Waals surface area (Å²) in [5, 5.41) is 2.62. The van der Waals surface area contributed by atoms with Crippen molar-refractivity contribution in [3.05, 3.63) is 66.8 Å². The Kier molecular flexibility index (Phi) is 7.22. The molecular weight excluding hydrogens is 380 g/mol. The Morgan fingerprint density at radius 1 is 0.964 bits per heavy atom. The number of benzene rings is 2. The van der Waals surface area contributed by atoms with Crippen LogP contribution >= 0.6 is 0 Å². The third-order valence-corrected chi connectivity index (χ3v) is 5.02. The highest BCUT2D eigenvalue weighted by molar-refractivity contribution is 7.92. The molecule has 28 heavy (non-hydrogen) atoms. The quantitative estimate of drug-likeness (QED) is 0.520. The highest BCUT2D eigenvalue weighted by Gasteiger charge is 2.21. The van der Waals surface area contributed by atoms with Crippen molar-refractivity contribution in [3.8, 4) is 11.5 Å². The van der Waals surface area contributed by atoms with Crippen LogP contribution in [0.4, 0.5) is 11.4 Å². The summed E-state index contributed by atoms with van der Waals surface area (Å²) in [6.07, 6.45) is 6.42. The fraction of sp³-hybridized carbons (Fsp3) is 0.150. The molecule has 0 saturated heterocycles. The minimum absolute atomic E-state index is 0.0962. The number of hydrogen-bond donors (Lipinski definition) is 2. The molecule has 0 aliphatic heterocycles. The summed E-state index contributed by atoms with van der Waals surface area (Å²) in [7, 11) is -1.05. The number of ether oxygens (including phenoxy) is 2. The van der Waals surface area contributed by atoms with Gasteiger partial charge in [0, 0.05) is 17.5 Å². The van der Waals surface area contributed by atoms with Crippen molar-refractivity contribution in [2.24, 2.45) is 0 Å². The maximum atomic E-state index is 12.8. The Morgan fingerprint density at radius 2 is 1.64 bits per heavy atom. The minimum Gasteiger partial charge on any atom is -0.497 e. The highest BCUT2D eigenvalue weighted by Crippen LogP contribution is 2.29. The van der Waals surface area contributed by atoms with Crippen LogP contribution < -0.4 is 19.5 Å². The average molecular weight is 402 g/mol. The number of sulfonamides is 1. The molecule has 2 rings (SSSR count). The van der Waals surface area contributed by atoms with E-state index in [1.54, 1.807) is 48.6 Å². The largest absolute Gasteiger partial charge is 0.497 e. The van der Waals surface area contributed by atoms with Gasteiger partial charge in [-0.2, -0.15) is 0 Å². The normalized spacial score (nSPS) is 11.5. The fourth-order valence-electron chi connectivity index (χ4n) is 2.27. The van der Waals surface area contributed by atoms with Crippen molar-refractivity contribution in [2.45, 2.75) is 11.8 Å². The molecule has 0 atom stereocenters. The van der Waals surface area contributed by atoms with Crippen LogP contribution in [0, 0.1) is 0 Å². The molecule has 0 bridgehead atoms. The monoisotopic (exact) mass is 402 g/mol. The summed E-state index contributed by atoms with van der Waals surface area (Å²) >= 11 is 0. The molecule has 2 N–H and O–H groups in total. The molecule has 0 unspecified atom stereocenters. The van der Waals surface area contributed by atoms with Crippen LogP contribution in [-0.2, 0) is 14.8 Å². The first-order valence-electron chi connectivity index (χ1n) is 8.35. The van der Waals surface area contributed by atoms with Crippen LogP contribution in [0.5, 0.6) is 11.5 Å². The molecule has 2 aromatic rings. The third kappa shape index (κ3) is 5.62. The van der Waals surface area contributed by atoms with Crippen LogP contribution in [0.15, 0.2) is 71.7 Å². The summed E-state index contributed by atoms with van der Waals surface area (Å²) in [5.41, 5.74) is 0.692. The first-order valence-corrected chi connectivity index (χ1v) is 9.83. The fourth-order valence-corrected chi connectivity index (χ4v) is 3.53. The van der Waals surface area contributed by atoms with Gasteiger partial charge in [0.2, 0.25) is 5.91 Å². The molecule has 148 valence electrons. The number of hydrogen-bond acceptors (Lipinski definition) is 5. The summed E-state index contributed by atoms with van der Waals surface area (Å²) in [5.74, 6) is 0.384. The van der Waals surface area contributed by atoms with Gasteiger partial charge in [-0.15, -0.1) is 0 Å². The van der Waals surface area contributed by atoms with Crippen molar-refractivity contribution in [1.29, 1.82) is 0 Å². The molecule has 1 amide bonds. The van der Waals surface area contributed by atoms with E-state index in [1.165, 1.54) is 32.4 Å². The smallest absolute Gasteiger partial charge is 0.265 e. The topological polar surface area (TPSA) is 93.7 Å². The molecule has 0 saturated carbocycles. The van der Waals surface area contributed by atoms with Crippen molar-refractivity contribution in [3.63, 3.8) is 0 Å². The predicted molar refractivity (Wildman–Crippen MR) is 109 cm³/mol. The Labute approximate surface area is 164 Å². The van der Waals surface area contributed by atoms with Crippen molar-refractivity contribution in [1.82, 2.24) is 0 Å². The molecule has 0 heterocycles. The standard InChI is InChI=1S/C20H22N2O5S/c1-4-5-6-7-20(23)21-16-10-13-18(27-3)19(14-16)28(24,25)22-15-8-11-17(26-2)12-9-15/h4-14,22H,1-3H3,(H,21,23). The lowest BCUT2D eigenvalue weighted by atomic mass is 10.3. The number of rotatable bonds is 8. The molecule has 7 nitrogen and oxygen atoms in total. The second kappa shape index (κ2) is 9.61. The number of nitrogens with one attached hydrogen (secondary N) is 2. The second-order valence-electron chi connectivity index (χ2n) is 5.57. The van der Waals surface area contributed by atoms with Gasteiger partial charge >= 0.3 is 0 Å². The van der Waals surface area contributed by atoms with Gasteiger partial charge in [0.1, 0.15) is 16.4 Å². The van der Waals surface area contributed by atoms with Crippen LogP contribution in [0.25, 0.3) is 0 Å². The lowest BCUT2D eigenvalue weighted by Crippen LogP contribution is -2.15. The Hall–Kier alpha value is -3.26. The van der Waals surface area contributed by atoms with Crippen LogP contribution in [-0.4, -0.2) is 28.5 Å². The summed E-state index contributed by atoms with van der Waals surface area (Å²) < 4.78 is 38.4. The molecule has 0 fully saturated rings. The zero-order chi connectivity index (χ0) is 20.6. The van der Waals surface area contributed by atoms with Gasteiger partial charge in [0.25, 0.3) is 10.0 Å². The van der Waals surface area contributed by atoms with Crippen molar-refractivity contribution in [2.75, 3.05) is 24.3 Å². The highest BCUT2D eigenvalue weighted by atomic mass is 32.2. The molecule has 0 spiro atoms. The Bertz CT molecular complexity index is 980. The van der Waals surface area contributed by atoms with Gasteiger partial charge in [0.05, 0.1) is 14.2 Å². The minimum atomic E-state index is -3.95. The van der Waals surface area contributed by atoms with E-state index in [1.807, 2.05) is 6.92 Å². The van der Waals surface area contributed by atoms with Gasteiger partial charge in [-0.1, -0.05) is 18.2 Å². The molecular formula is C20H22N2O5S. The Morgan fingerprint density at radius 3 is 2.25 bits per heavy atom. The number of anilines is 2. The van der Waals surface area contributed by atoms with Crippen molar-refractivity contribution >= 4 is 27.3 Å². The van der Waals surface area contributed by atoms with Crippen LogP contribution in [0.2, 0.25) is 0 Å². The van der Waals surface area contributed by atoms with Crippen LogP contribution in [0.3, 0.4) is 0 Å². The summed E-state index contributed by atoms with van der Waals surface area (Å²) in [4.78, 5) is 11.8. The maximum absolute atomic E-state index is 12.8. The van der Waals surface area contributed by atoms with Gasteiger partial charge in [-0.25, -0.2) is 8.42 Å². The van der Waals surface area contributed by atoms with E-state index in [0.29, 0.717) is 17.1 Å². The zero-order valence-electron chi connectivity index (χ0n) is 15.8. The number of methoxy groups -OCH3 is 2. The third-order valence-electron chi connectivity index (χ3n) is 3.61. The first-order chi connectivity index (χ1) is 13.4. The van der Waals surface area contributed by atoms with E-state index >= 15 is 0 Å². The van der Waals surface area contributed by atoms with Gasteiger partial charge in [-0.05, 0) is 49.4 Å². The van der Waals surface area contributed by atoms with E-state index in [0.717, 1.165) is 0 Å². The summed E-state index contributed by atoms with van der Waals surface area (Å²) in [6.45, 7) is 1.83. The lowest BCUT2D eigenvalue weighted by Gasteiger charge is -2.13. The SMILES string of the molecule is CC=CC=CC(=O)Nc1ccc(OC)c(S(=O)(=O)Nc2ccc(OC)cc2)c1. The molecule has 0 radical (unpaired) electrons. The van der Waals surface area contributed by atoms with E-state index < -0.39 is 10.0 Å². The summed E-state index contributed by atoms with van der Waals surface area (Å²) in [6, 6.07) is 10.8. The number of carbonyl (C=O) groups excluding carboxylic acids is 1. The Balaban J connectivity index is 2.29. The average Bonchev–Trinajstić information content (AvgIpc) is 2.68. The number of allylic oxidation sites excluding steroid dienone is 3. The lowest BCUT2D eigenvalue weighted by molar-refractivity contribution is -0.111. The molecule has 0 aromatic heterocycles. The van der Waals surface area contributed by atoms with Crippen molar-refractivity contribution < 1.29 is 22.7 Å². The van der Waals surface area contributed by atoms with E-state index in [2.05, 4.69) is 10.0 Å². The zero-order valence-corrected chi connectivity index (χ0v) is 16.6. The van der Waals surface area contributed by atoms with E-state index in [-0.39, 0.29) is 16.6 Å². The molecule has 0 aliphatic rings. The van der Waals surface area contributed by atoms with E-state index in [9.17, 15) is 13.2 Å². The second-order valence-corrected chi connectivity index (χ2v) is 7.22. The van der Waals surface area contributed by atoms with Gasteiger partial charge < -0.3 is 14.8 Å². The molecule has 0 aliphatic carbocycles. The van der Waals surface area contributed by atoms with Gasteiger partial charge in [-0.3, -0.25) is 9.52 Å². The maximum Gasteiger partial charge on any atom is 0.265 e. The van der Waals surface area contributed by atoms with Crippen LogP contribution in [0.1, 0.15) is 6.92 Å². The molecule has 8 heteroatoms. The molecule has 2 aromatic carbocycles. The predicted octanol–water partition coefficient (Wildman–Crippen LogP) is 3.58. The van der Waals surface area contributed by atoms with E-state index in [4.69, 9.17) is 9.47 Å². The first kappa shape index (κ1) is 21.0. The number of carbonyl (C=O) groups is 1. The van der Waals surface area contributed by atoms with Gasteiger partial charge in [0.15, 0.2) is 0 Å².